The Morgan fingerprint density at radius 1 is 1.05 bits per heavy atom. The fourth-order valence-corrected chi connectivity index (χ4v) is 2.38. The molecule has 0 saturated carbocycles. The molecular weight excluding hydrogens is 300 g/mol. The summed E-state index contributed by atoms with van der Waals surface area (Å²) in [6.45, 7) is 0.739. The molecular formula is C16H15BrN2. The summed E-state index contributed by atoms with van der Waals surface area (Å²) in [7, 11) is 0. The fourth-order valence-electron chi connectivity index (χ4n) is 1.96. The lowest BCUT2D eigenvalue weighted by atomic mass is 10.0. The molecule has 0 aromatic heterocycles. The lowest BCUT2D eigenvalue weighted by molar-refractivity contribution is 0.541. The Morgan fingerprint density at radius 2 is 1.74 bits per heavy atom. The van der Waals surface area contributed by atoms with E-state index in [0.29, 0.717) is 6.42 Å². The molecule has 1 atom stereocenters. The highest BCUT2D eigenvalue weighted by Gasteiger charge is 2.10. The Balaban J connectivity index is 2.07. The van der Waals surface area contributed by atoms with E-state index in [9.17, 15) is 0 Å². The minimum atomic E-state index is 0.0679. The summed E-state index contributed by atoms with van der Waals surface area (Å²) in [5, 5.41) is 12.4. The average molecular weight is 315 g/mol. The monoisotopic (exact) mass is 314 g/mol. The molecule has 19 heavy (non-hydrogen) atoms. The molecule has 0 fully saturated rings. The van der Waals surface area contributed by atoms with E-state index in [1.807, 2.05) is 36.4 Å². The van der Waals surface area contributed by atoms with Gasteiger partial charge in [-0.25, -0.2) is 0 Å². The second kappa shape index (κ2) is 7.08. The molecule has 0 aliphatic heterocycles. The maximum Gasteiger partial charge on any atom is 0.0641 e. The number of benzene rings is 2. The van der Waals surface area contributed by atoms with E-state index in [1.54, 1.807) is 0 Å². The zero-order valence-electron chi connectivity index (χ0n) is 10.5. The van der Waals surface area contributed by atoms with Crippen LogP contribution < -0.4 is 5.32 Å². The van der Waals surface area contributed by atoms with Crippen LogP contribution in [0.1, 0.15) is 23.6 Å². The van der Waals surface area contributed by atoms with E-state index < -0.39 is 0 Å². The molecule has 2 aromatic rings. The second-order valence-corrected chi connectivity index (χ2v) is 5.15. The standard InChI is InChI=1S/C16H15BrN2/c17-15-9-5-4-8-14(15)12-19-16(10-11-18)13-6-2-1-3-7-13/h1-9,16,19H,10,12H2. The third-order valence-electron chi connectivity index (χ3n) is 2.99. The number of halogens is 1. The van der Waals surface area contributed by atoms with Gasteiger partial charge in [0.15, 0.2) is 0 Å². The van der Waals surface area contributed by atoms with Gasteiger partial charge in [0, 0.05) is 17.1 Å². The van der Waals surface area contributed by atoms with Crippen molar-refractivity contribution >= 4 is 15.9 Å². The van der Waals surface area contributed by atoms with Crippen LogP contribution in [-0.2, 0) is 6.54 Å². The number of nitrogens with one attached hydrogen (secondary N) is 1. The average Bonchev–Trinajstić information content (AvgIpc) is 2.46. The Labute approximate surface area is 122 Å². The summed E-state index contributed by atoms with van der Waals surface area (Å²) in [4.78, 5) is 0. The van der Waals surface area contributed by atoms with Crippen LogP contribution in [0.15, 0.2) is 59.1 Å². The van der Waals surface area contributed by atoms with Crippen LogP contribution >= 0.6 is 15.9 Å². The summed E-state index contributed by atoms with van der Waals surface area (Å²) in [5.41, 5.74) is 2.34. The van der Waals surface area contributed by atoms with E-state index in [1.165, 1.54) is 5.56 Å². The molecule has 0 spiro atoms. The lowest BCUT2D eigenvalue weighted by Gasteiger charge is -2.17. The van der Waals surface area contributed by atoms with E-state index in [-0.39, 0.29) is 6.04 Å². The summed E-state index contributed by atoms with van der Waals surface area (Å²) >= 11 is 3.54. The number of rotatable bonds is 5. The zero-order chi connectivity index (χ0) is 13.5. The highest BCUT2D eigenvalue weighted by Crippen LogP contribution is 2.19. The van der Waals surface area contributed by atoms with E-state index in [2.05, 4.69) is 45.5 Å². The van der Waals surface area contributed by atoms with Gasteiger partial charge in [0.2, 0.25) is 0 Å². The van der Waals surface area contributed by atoms with Crippen LogP contribution in [-0.4, -0.2) is 0 Å². The molecule has 96 valence electrons. The molecule has 0 aliphatic carbocycles. The van der Waals surface area contributed by atoms with Gasteiger partial charge in [-0.15, -0.1) is 0 Å². The summed E-state index contributed by atoms with van der Waals surface area (Å²) < 4.78 is 1.09. The van der Waals surface area contributed by atoms with Crippen LogP contribution in [0.25, 0.3) is 0 Å². The topological polar surface area (TPSA) is 35.8 Å². The molecule has 2 nitrogen and oxygen atoms in total. The van der Waals surface area contributed by atoms with Crippen molar-refractivity contribution in [3.05, 3.63) is 70.2 Å². The fraction of sp³-hybridized carbons (Fsp3) is 0.188. The molecule has 3 heteroatoms. The van der Waals surface area contributed by atoms with Gasteiger partial charge in [-0.1, -0.05) is 64.5 Å². The van der Waals surface area contributed by atoms with E-state index in [0.717, 1.165) is 16.6 Å². The summed E-state index contributed by atoms with van der Waals surface area (Å²) in [6.07, 6.45) is 0.467. The van der Waals surface area contributed by atoms with Gasteiger partial charge in [0.1, 0.15) is 0 Å². The van der Waals surface area contributed by atoms with Crippen molar-refractivity contribution < 1.29 is 0 Å². The van der Waals surface area contributed by atoms with Gasteiger partial charge in [0.05, 0.1) is 12.5 Å². The number of hydrogen-bond acceptors (Lipinski definition) is 2. The Morgan fingerprint density at radius 3 is 2.42 bits per heavy atom. The van der Waals surface area contributed by atoms with Crippen LogP contribution in [0.3, 0.4) is 0 Å². The van der Waals surface area contributed by atoms with Crippen LogP contribution in [0.2, 0.25) is 0 Å². The Hall–Kier alpha value is -1.63. The predicted molar refractivity (Wildman–Crippen MR) is 80.4 cm³/mol. The minimum Gasteiger partial charge on any atom is -0.305 e. The van der Waals surface area contributed by atoms with Gasteiger partial charge >= 0.3 is 0 Å². The van der Waals surface area contributed by atoms with Crippen LogP contribution in [0.5, 0.6) is 0 Å². The third-order valence-corrected chi connectivity index (χ3v) is 3.77. The second-order valence-electron chi connectivity index (χ2n) is 4.30. The third kappa shape index (κ3) is 3.92. The van der Waals surface area contributed by atoms with Crippen LogP contribution in [0.4, 0.5) is 0 Å². The number of nitriles is 1. The first-order valence-corrected chi connectivity index (χ1v) is 6.99. The molecule has 0 amide bonds. The molecule has 0 radical (unpaired) electrons. The molecule has 2 aromatic carbocycles. The zero-order valence-corrected chi connectivity index (χ0v) is 12.1. The van der Waals surface area contributed by atoms with Crippen molar-refractivity contribution in [2.45, 2.75) is 19.0 Å². The SMILES string of the molecule is N#CCC(NCc1ccccc1Br)c1ccccc1. The van der Waals surface area contributed by atoms with Crippen molar-refractivity contribution in [1.82, 2.24) is 5.32 Å². The van der Waals surface area contributed by atoms with Crippen molar-refractivity contribution in [3.8, 4) is 6.07 Å². The van der Waals surface area contributed by atoms with Crippen molar-refractivity contribution in [2.24, 2.45) is 0 Å². The van der Waals surface area contributed by atoms with Gasteiger partial charge in [-0.3, -0.25) is 0 Å². The van der Waals surface area contributed by atoms with Gasteiger partial charge in [0.25, 0.3) is 0 Å². The van der Waals surface area contributed by atoms with E-state index >= 15 is 0 Å². The smallest absolute Gasteiger partial charge is 0.0641 e. The van der Waals surface area contributed by atoms with E-state index in [4.69, 9.17) is 5.26 Å². The highest BCUT2D eigenvalue weighted by atomic mass is 79.9. The molecule has 0 saturated heterocycles. The first kappa shape index (κ1) is 13.8. The van der Waals surface area contributed by atoms with Crippen LogP contribution in [0, 0.1) is 11.3 Å². The Bertz CT molecular complexity index is 560. The van der Waals surface area contributed by atoms with Gasteiger partial charge < -0.3 is 5.32 Å². The molecule has 1 unspecified atom stereocenters. The van der Waals surface area contributed by atoms with Crippen molar-refractivity contribution in [3.63, 3.8) is 0 Å². The van der Waals surface area contributed by atoms with Gasteiger partial charge in [-0.05, 0) is 17.2 Å². The molecule has 0 heterocycles. The number of hydrogen-bond donors (Lipinski definition) is 1. The lowest BCUT2D eigenvalue weighted by Crippen LogP contribution is -2.20. The maximum absolute atomic E-state index is 8.95. The largest absolute Gasteiger partial charge is 0.305 e. The Kier molecular flexibility index (Phi) is 5.14. The first-order chi connectivity index (χ1) is 9.31. The molecule has 0 bridgehead atoms. The normalized spacial score (nSPS) is 11.8. The van der Waals surface area contributed by atoms with Crippen molar-refractivity contribution in [2.75, 3.05) is 0 Å². The first-order valence-electron chi connectivity index (χ1n) is 6.20. The highest BCUT2D eigenvalue weighted by molar-refractivity contribution is 9.10. The van der Waals surface area contributed by atoms with Gasteiger partial charge in [-0.2, -0.15) is 5.26 Å². The van der Waals surface area contributed by atoms with Crippen molar-refractivity contribution in [1.29, 1.82) is 5.26 Å². The summed E-state index contributed by atoms with van der Waals surface area (Å²) in [6, 6.07) is 20.5. The molecule has 0 aliphatic rings. The quantitative estimate of drug-likeness (QED) is 0.898. The maximum atomic E-state index is 8.95. The molecule has 1 N–H and O–H groups in total. The minimum absolute atomic E-state index is 0.0679. The molecule has 2 rings (SSSR count). The number of nitrogens with zero attached hydrogens (tertiary/aromatic N) is 1. The predicted octanol–water partition coefficient (Wildman–Crippen LogP) is 4.19. The summed E-state index contributed by atoms with van der Waals surface area (Å²) in [5.74, 6) is 0.